The second kappa shape index (κ2) is 11.5. The van der Waals surface area contributed by atoms with Gasteiger partial charge in [0.2, 0.25) is 5.91 Å². The number of rotatable bonds is 6. The number of carbonyl (C=O) groups excluding carboxylic acids is 1. The van der Waals surface area contributed by atoms with Crippen LogP contribution in [0.3, 0.4) is 0 Å². The van der Waals surface area contributed by atoms with Crippen LogP contribution in [0.2, 0.25) is 0 Å². The molecule has 1 amide bonds. The Labute approximate surface area is 149 Å². The van der Waals surface area contributed by atoms with Crippen LogP contribution in [0.5, 0.6) is 5.75 Å². The molecule has 1 fully saturated rings. The van der Waals surface area contributed by atoms with Gasteiger partial charge in [0, 0.05) is 24.8 Å². The lowest BCUT2D eigenvalue weighted by Crippen LogP contribution is -2.48. The second-order valence-electron chi connectivity index (χ2n) is 5.25. The van der Waals surface area contributed by atoms with Crippen LogP contribution in [0.25, 0.3) is 0 Å². The molecule has 0 spiro atoms. The number of nitrogens with one attached hydrogen (secondary N) is 2. The minimum absolute atomic E-state index is 0. The molecule has 1 aromatic carbocycles. The standard InChI is InChI=1S/C15H23N3O3.2ClH/c1-18(2)7-9-21-13-5-3-4-12(10-13)17-15(19)14-11-20-8-6-16-14;;/h3-5,10,14,16H,6-9,11H2,1-2H3,(H,17,19);2*1H. The molecule has 8 heteroatoms. The van der Waals surface area contributed by atoms with Gasteiger partial charge in [0.05, 0.1) is 13.2 Å². The number of carbonyl (C=O) groups is 1. The van der Waals surface area contributed by atoms with E-state index in [9.17, 15) is 4.79 Å². The second-order valence-corrected chi connectivity index (χ2v) is 5.25. The summed E-state index contributed by atoms with van der Waals surface area (Å²) < 4.78 is 10.9. The van der Waals surface area contributed by atoms with E-state index in [4.69, 9.17) is 9.47 Å². The Kier molecular flexibility index (Phi) is 11.0. The zero-order valence-corrected chi connectivity index (χ0v) is 15.0. The number of halogens is 2. The molecule has 1 heterocycles. The summed E-state index contributed by atoms with van der Waals surface area (Å²) >= 11 is 0. The Balaban J connectivity index is 0.00000242. The molecule has 0 radical (unpaired) electrons. The molecular formula is C15H25Cl2N3O3. The number of hydrogen-bond acceptors (Lipinski definition) is 5. The summed E-state index contributed by atoms with van der Waals surface area (Å²) in [7, 11) is 4.00. The maximum Gasteiger partial charge on any atom is 0.243 e. The van der Waals surface area contributed by atoms with E-state index < -0.39 is 0 Å². The first kappa shape index (κ1) is 21.9. The molecule has 132 valence electrons. The average molecular weight is 366 g/mol. The largest absolute Gasteiger partial charge is 0.492 e. The third kappa shape index (κ3) is 7.85. The van der Waals surface area contributed by atoms with Crippen LogP contribution in [0, 0.1) is 0 Å². The van der Waals surface area contributed by atoms with E-state index in [-0.39, 0.29) is 36.8 Å². The summed E-state index contributed by atoms with van der Waals surface area (Å²) in [5.41, 5.74) is 0.731. The van der Waals surface area contributed by atoms with Crippen molar-refractivity contribution in [1.82, 2.24) is 10.2 Å². The minimum Gasteiger partial charge on any atom is -0.492 e. The van der Waals surface area contributed by atoms with Gasteiger partial charge in [-0.05, 0) is 26.2 Å². The molecule has 1 unspecified atom stereocenters. The van der Waals surface area contributed by atoms with Gasteiger partial charge >= 0.3 is 0 Å². The van der Waals surface area contributed by atoms with Gasteiger partial charge in [-0.15, -0.1) is 24.8 Å². The molecule has 1 aromatic rings. The van der Waals surface area contributed by atoms with Crippen molar-refractivity contribution >= 4 is 36.4 Å². The number of benzene rings is 1. The first-order valence-electron chi connectivity index (χ1n) is 7.15. The fourth-order valence-electron chi connectivity index (χ4n) is 1.97. The molecule has 0 bridgehead atoms. The summed E-state index contributed by atoms with van der Waals surface area (Å²) in [4.78, 5) is 14.1. The lowest BCUT2D eigenvalue weighted by atomic mass is 10.2. The molecular weight excluding hydrogens is 341 g/mol. The normalized spacial score (nSPS) is 16.9. The van der Waals surface area contributed by atoms with E-state index in [1.165, 1.54) is 0 Å². The monoisotopic (exact) mass is 365 g/mol. The Hall–Kier alpha value is -1.05. The quantitative estimate of drug-likeness (QED) is 0.797. The lowest BCUT2D eigenvalue weighted by Gasteiger charge is -2.23. The zero-order chi connectivity index (χ0) is 15.1. The SMILES string of the molecule is CN(C)CCOc1cccc(NC(=O)C2COCCN2)c1.Cl.Cl. The molecule has 0 aromatic heterocycles. The van der Waals surface area contributed by atoms with Gasteiger partial charge in [0.1, 0.15) is 18.4 Å². The minimum atomic E-state index is -0.294. The molecule has 6 nitrogen and oxygen atoms in total. The van der Waals surface area contributed by atoms with Crippen molar-refractivity contribution in [2.75, 3.05) is 52.3 Å². The van der Waals surface area contributed by atoms with E-state index in [2.05, 4.69) is 15.5 Å². The first-order valence-corrected chi connectivity index (χ1v) is 7.15. The van der Waals surface area contributed by atoms with Crippen molar-refractivity contribution in [2.45, 2.75) is 6.04 Å². The van der Waals surface area contributed by atoms with Crippen LogP contribution in [-0.2, 0) is 9.53 Å². The molecule has 23 heavy (non-hydrogen) atoms. The summed E-state index contributed by atoms with van der Waals surface area (Å²) in [5, 5.41) is 6.01. The van der Waals surface area contributed by atoms with Crippen molar-refractivity contribution < 1.29 is 14.3 Å². The highest BCUT2D eigenvalue weighted by molar-refractivity contribution is 5.95. The molecule has 0 saturated carbocycles. The average Bonchev–Trinajstić information content (AvgIpc) is 2.48. The third-order valence-corrected chi connectivity index (χ3v) is 3.15. The predicted molar refractivity (Wildman–Crippen MR) is 96.2 cm³/mol. The van der Waals surface area contributed by atoms with Crippen molar-refractivity contribution in [1.29, 1.82) is 0 Å². The van der Waals surface area contributed by atoms with Gasteiger partial charge in [0.25, 0.3) is 0 Å². The van der Waals surface area contributed by atoms with Crippen molar-refractivity contribution in [2.24, 2.45) is 0 Å². The van der Waals surface area contributed by atoms with Crippen molar-refractivity contribution in [3.8, 4) is 5.75 Å². The fourth-order valence-corrected chi connectivity index (χ4v) is 1.97. The highest BCUT2D eigenvalue weighted by Crippen LogP contribution is 2.17. The van der Waals surface area contributed by atoms with E-state index >= 15 is 0 Å². The number of morpholine rings is 1. The summed E-state index contributed by atoms with van der Waals surface area (Å²) in [5.74, 6) is 0.669. The highest BCUT2D eigenvalue weighted by atomic mass is 35.5. The van der Waals surface area contributed by atoms with Crippen LogP contribution in [-0.4, -0.2) is 63.9 Å². The van der Waals surface area contributed by atoms with E-state index in [1.54, 1.807) is 0 Å². The van der Waals surface area contributed by atoms with Crippen molar-refractivity contribution in [3.63, 3.8) is 0 Å². The number of amides is 1. The Morgan fingerprint density at radius 1 is 1.43 bits per heavy atom. The van der Waals surface area contributed by atoms with Gasteiger partial charge in [-0.1, -0.05) is 6.07 Å². The Morgan fingerprint density at radius 3 is 2.87 bits per heavy atom. The van der Waals surface area contributed by atoms with Gasteiger partial charge in [-0.2, -0.15) is 0 Å². The molecule has 1 aliphatic rings. The number of likely N-dealkylation sites (N-methyl/N-ethyl adjacent to an activating group) is 1. The summed E-state index contributed by atoms with van der Waals surface area (Å²) in [6.45, 7) is 3.22. The number of ether oxygens (including phenoxy) is 2. The first-order chi connectivity index (χ1) is 10.1. The Morgan fingerprint density at radius 2 is 2.22 bits per heavy atom. The van der Waals surface area contributed by atoms with Gasteiger partial charge in [0.15, 0.2) is 0 Å². The zero-order valence-electron chi connectivity index (χ0n) is 13.4. The van der Waals surface area contributed by atoms with Crippen LogP contribution < -0.4 is 15.4 Å². The van der Waals surface area contributed by atoms with Crippen LogP contribution >= 0.6 is 24.8 Å². The van der Waals surface area contributed by atoms with Gasteiger partial charge in [-0.3, -0.25) is 4.79 Å². The Bertz CT molecular complexity index is 469. The highest BCUT2D eigenvalue weighted by Gasteiger charge is 2.21. The number of hydrogen-bond donors (Lipinski definition) is 2. The van der Waals surface area contributed by atoms with E-state index in [0.29, 0.717) is 26.4 Å². The summed E-state index contributed by atoms with van der Waals surface area (Å²) in [6, 6.07) is 7.13. The number of anilines is 1. The fraction of sp³-hybridized carbons (Fsp3) is 0.533. The topological polar surface area (TPSA) is 62.8 Å². The maximum atomic E-state index is 12.1. The molecule has 1 atom stereocenters. The van der Waals surface area contributed by atoms with Crippen LogP contribution in [0.1, 0.15) is 0 Å². The third-order valence-electron chi connectivity index (χ3n) is 3.15. The van der Waals surface area contributed by atoms with Crippen molar-refractivity contribution in [3.05, 3.63) is 24.3 Å². The molecule has 2 N–H and O–H groups in total. The van der Waals surface area contributed by atoms with E-state index in [1.807, 2.05) is 38.4 Å². The molecule has 1 saturated heterocycles. The van der Waals surface area contributed by atoms with Crippen LogP contribution in [0.4, 0.5) is 5.69 Å². The predicted octanol–water partition coefficient (Wildman–Crippen LogP) is 1.40. The van der Waals surface area contributed by atoms with Gasteiger partial charge < -0.3 is 25.0 Å². The maximum absolute atomic E-state index is 12.1. The molecule has 0 aliphatic carbocycles. The lowest BCUT2D eigenvalue weighted by molar-refractivity contribution is -0.120. The smallest absolute Gasteiger partial charge is 0.243 e. The van der Waals surface area contributed by atoms with Gasteiger partial charge in [-0.25, -0.2) is 0 Å². The number of nitrogens with zero attached hydrogens (tertiary/aromatic N) is 1. The van der Waals surface area contributed by atoms with E-state index in [0.717, 1.165) is 18.0 Å². The molecule has 1 aliphatic heterocycles. The molecule has 2 rings (SSSR count). The summed E-state index contributed by atoms with van der Waals surface area (Å²) in [6.07, 6.45) is 0. The van der Waals surface area contributed by atoms with Crippen LogP contribution in [0.15, 0.2) is 24.3 Å².